The van der Waals surface area contributed by atoms with Gasteiger partial charge in [-0.1, -0.05) is 49.4 Å². The second-order valence-corrected chi connectivity index (χ2v) is 12.3. The van der Waals surface area contributed by atoms with Crippen molar-refractivity contribution in [2.24, 2.45) is 0 Å². The third kappa shape index (κ3) is 8.84. The maximum absolute atomic E-state index is 5.48. The van der Waals surface area contributed by atoms with Crippen LogP contribution in [0.25, 0.3) is 0 Å². The summed E-state index contributed by atoms with van der Waals surface area (Å²) < 4.78 is 5.48. The van der Waals surface area contributed by atoms with Gasteiger partial charge in [-0.25, -0.2) is 0 Å². The van der Waals surface area contributed by atoms with E-state index in [2.05, 4.69) is 88.6 Å². The number of benzene rings is 3. The second kappa shape index (κ2) is 14.9. The van der Waals surface area contributed by atoms with Gasteiger partial charge in [-0.2, -0.15) is 42.3 Å². The van der Waals surface area contributed by atoms with Crippen LogP contribution in [0.1, 0.15) is 47.2 Å². The predicted octanol–water partition coefficient (Wildman–Crippen LogP) is 8.55. The Bertz CT molecular complexity index is 1130. The Balaban J connectivity index is 0.000000287. The van der Waals surface area contributed by atoms with Crippen molar-refractivity contribution in [3.8, 4) is 5.75 Å². The zero-order chi connectivity index (χ0) is 27.7. The van der Waals surface area contributed by atoms with Crippen LogP contribution >= 0.6 is 19.4 Å². The van der Waals surface area contributed by atoms with E-state index in [1.54, 1.807) is 0 Å². The molecule has 0 aliphatic carbocycles. The number of hydrogen-bond acceptors (Lipinski definition) is 3. The summed E-state index contributed by atoms with van der Waals surface area (Å²) in [5.74, 6) is 0.877. The normalized spacial score (nSPS) is 14.7. The number of anilines is 2. The van der Waals surface area contributed by atoms with E-state index in [9.17, 15) is 0 Å². The molecule has 0 spiro atoms. The molecule has 204 valence electrons. The van der Waals surface area contributed by atoms with Gasteiger partial charge in [-0.05, 0) is 51.9 Å². The zero-order valence-corrected chi connectivity index (χ0v) is 26.3. The molecule has 0 saturated carbocycles. The van der Waals surface area contributed by atoms with Gasteiger partial charge in [0.15, 0.2) is 0 Å². The van der Waals surface area contributed by atoms with Gasteiger partial charge in [0.05, 0.1) is 6.10 Å². The average molecular weight is 628 g/mol. The summed E-state index contributed by atoms with van der Waals surface area (Å²) >= 11 is -0.346. The fraction of sp³-hybridized carbons (Fsp3) is 0.355. The monoisotopic (exact) mass is 627 g/mol. The van der Waals surface area contributed by atoms with E-state index in [0.717, 1.165) is 24.4 Å². The first kappa shape index (κ1) is 31.4. The molecule has 1 aliphatic rings. The van der Waals surface area contributed by atoms with Crippen molar-refractivity contribution in [3.05, 3.63) is 102 Å². The van der Waals surface area contributed by atoms with Crippen LogP contribution in [0.15, 0.2) is 48.5 Å². The third-order valence-corrected chi connectivity index (χ3v) is 6.10. The van der Waals surface area contributed by atoms with E-state index in [1.165, 1.54) is 39.2 Å². The van der Waals surface area contributed by atoms with Crippen molar-refractivity contribution in [1.29, 1.82) is 0 Å². The summed E-state index contributed by atoms with van der Waals surface area (Å²) in [4.78, 5) is 4.80. The number of nitrogens with zero attached hydrogens (tertiary/aromatic N) is 2. The van der Waals surface area contributed by atoms with Crippen LogP contribution in [0.5, 0.6) is 5.75 Å². The van der Waals surface area contributed by atoms with Gasteiger partial charge >= 0.3 is 34.5 Å². The van der Waals surface area contributed by atoms with Crippen LogP contribution in [-0.4, -0.2) is 25.4 Å². The Morgan fingerprint density at radius 2 is 1.46 bits per heavy atom. The number of aryl methyl sites for hydroxylation is 5. The summed E-state index contributed by atoms with van der Waals surface area (Å²) in [7, 11) is 9.71. The maximum atomic E-state index is 5.48. The second-order valence-electron chi connectivity index (χ2n) is 9.65. The number of halogens is 2. The van der Waals surface area contributed by atoms with Gasteiger partial charge in [0.1, 0.15) is 0 Å². The topological polar surface area (TPSA) is 15.7 Å². The molecule has 3 nitrogen and oxygen atoms in total. The van der Waals surface area contributed by atoms with Gasteiger partial charge in [0, 0.05) is 24.5 Å². The average Bonchev–Trinajstić information content (AvgIpc) is 3.16. The van der Waals surface area contributed by atoms with Crippen molar-refractivity contribution >= 4 is 30.8 Å². The molecule has 3 aromatic carbocycles. The molecule has 0 bridgehead atoms. The van der Waals surface area contributed by atoms with Crippen molar-refractivity contribution in [1.82, 2.24) is 0 Å². The van der Waals surface area contributed by atoms with Gasteiger partial charge in [-0.3, -0.25) is 0 Å². The van der Waals surface area contributed by atoms with Crippen LogP contribution < -0.4 is 14.5 Å². The molecule has 1 fully saturated rings. The Hall–Kier alpha value is -1.87. The van der Waals surface area contributed by atoms with Crippen molar-refractivity contribution in [2.75, 3.05) is 22.9 Å². The predicted molar refractivity (Wildman–Crippen MR) is 158 cm³/mol. The molecule has 1 atom stereocenters. The molecule has 1 heterocycles. The zero-order valence-electron chi connectivity index (χ0n) is 23.0. The first-order valence-electron chi connectivity index (χ1n) is 12.4. The van der Waals surface area contributed by atoms with E-state index in [1.807, 2.05) is 38.1 Å². The van der Waals surface area contributed by atoms with Gasteiger partial charge in [0.25, 0.3) is 0 Å². The summed E-state index contributed by atoms with van der Waals surface area (Å²) in [6.45, 7) is 25.1. The summed E-state index contributed by atoms with van der Waals surface area (Å²) in [6.07, 6.45) is 0.325. The summed E-state index contributed by atoms with van der Waals surface area (Å²) in [6, 6.07) is 20.1. The van der Waals surface area contributed by atoms with Gasteiger partial charge in [0.2, 0.25) is 0 Å². The molecule has 1 aliphatic heterocycles. The fourth-order valence-electron chi connectivity index (χ4n) is 4.76. The van der Waals surface area contributed by atoms with Crippen LogP contribution in [0.3, 0.4) is 0 Å². The molecule has 1 saturated heterocycles. The quantitative estimate of drug-likeness (QED) is 0.213. The molecular weight excluding hydrogens is 588 g/mol. The van der Waals surface area contributed by atoms with Crippen LogP contribution in [0, 0.1) is 54.5 Å². The fourth-order valence-corrected chi connectivity index (χ4v) is 4.76. The Morgan fingerprint density at radius 3 is 2.00 bits per heavy atom. The number of hydrogen-bond donors (Lipinski definition) is 0. The van der Waals surface area contributed by atoms with E-state index in [4.69, 9.17) is 24.1 Å². The van der Waals surface area contributed by atoms with Crippen molar-refractivity contribution < 1.29 is 19.9 Å². The number of rotatable bonds is 4. The van der Waals surface area contributed by atoms with Crippen molar-refractivity contribution in [2.45, 2.75) is 60.7 Å². The van der Waals surface area contributed by atoms with Crippen LogP contribution in [-0.2, 0) is 15.1 Å². The number of ether oxygens (including phenoxy) is 1. The van der Waals surface area contributed by atoms with Crippen molar-refractivity contribution in [3.63, 3.8) is 0 Å². The minimum atomic E-state index is -0.346. The third-order valence-electron chi connectivity index (χ3n) is 6.10. The summed E-state index contributed by atoms with van der Waals surface area (Å²) in [5, 5.41) is 0. The Morgan fingerprint density at radius 1 is 0.919 bits per heavy atom. The minimum absolute atomic E-state index is 0.104. The van der Waals surface area contributed by atoms with E-state index in [0.29, 0.717) is 0 Å². The first-order chi connectivity index (χ1) is 17.5. The molecule has 1 unspecified atom stereocenters. The standard InChI is InChI=1S/C21H26N2.C10H13O.2ClH.Ru/c1-14-7-8-20(16(3)11-14)22-9-10-23(19(22)6)21-17(4)12-15(2)13-18(21)5;1-8(2)11-10-7-5-4-6-9(10)3;;;/h7,11-13,19H,6,9-10H2,1-5H3;4-8H,3H2,1-2H3;2*1H;/q-2;-1;;;+2/p-2. The van der Waals surface area contributed by atoms with Gasteiger partial charge in [-0.15, -0.1) is 11.6 Å². The van der Waals surface area contributed by atoms with Gasteiger partial charge < -0.3 is 21.5 Å². The van der Waals surface area contributed by atoms with Crippen LogP contribution in [0.2, 0.25) is 0 Å². The molecular formula is C31H39Cl2N2ORu-3. The molecule has 0 radical (unpaired) electrons. The number of para-hydroxylation sites is 1. The SMILES string of the molecule is [CH2-]C1N(c2[c-]cc(C)cc2C)CCN1c1c(C)cc(C)cc1C.[CH2-]c1ccccc1OC(C)C.[Cl][Ru][Cl]. The molecule has 6 heteroatoms. The molecule has 3 aromatic rings. The summed E-state index contributed by atoms with van der Waals surface area (Å²) in [5.41, 5.74) is 9.99. The van der Waals surface area contributed by atoms with E-state index >= 15 is 0 Å². The van der Waals surface area contributed by atoms with E-state index < -0.39 is 0 Å². The molecule has 0 aromatic heterocycles. The molecule has 4 rings (SSSR count). The molecule has 0 N–H and O–H groups in total. The van der Waals surface area contributed by atoms with Crippen LogP contribution in [0.4, 0.5) is 11.4 Å². The first-order valence-corrected chi connectivity index (χ1v) is 16.8. The Labute approximate surface area is 240 Å². The Kier molecular flexibility index (Phi) is 12.6. The van der Waals surface area contributed by atoms with E-state index in [-0.39, 0.29) is 27.4 Å². The molecule has 37 heavy (non-hydrogen) atoms. The molecule has 0 amide bonds.